The van der Waals surface area contributed by atoms with Crippen LogP contribution in [0.4, 0.5) is 16.0 Å². The summed E-state index contributed by atoms with van der Waals surface area (Å²) in [5.74, 6) is 0.462. The highest BCUT2D eigenvalue weighted by molar-refractivity contribution is 7.93. The van der Waals surface area contributed by atoms with E-state index in [1.54, 1.807) is 24.4 Å². The molecule has 4 aromatic rings. The second-order valence-electron chi connectivity index (χ2n) is 11.6. The number of aromatic nitrogens is 3. The molecule has 1 saturated heterocycles. The van der Waals surface area contributed by atoms with E-state index in [1.165, 1.54) is 35.6 Å². The van der Waals surface area contributed by atoms with E-state index in [0.717, 1.165) is 24.3 Å². The Morgan fingerprint density at radius 2 is 1.66 bits per heavy atom. The number of sulfone groups is 1. The molecule has 0 atom stereocenters. The first-order valence-electron chi connectivity index (χ1n) is 14.0. The Morgan fingerprint density at radius 3 is 2.32 bits per heavy atom. The van der Waals surface area contributed by atoms with Gasteiger partial charge in [-0.25, -0.2) is 36.2 Å². The van der Waals surface area contributed by atoms with Crippen molar-refractivity contribution in [1.82, 2.24) is 15.0 Å². The van der Waals surface area contributed by atoms with Crippen LogP contribution in [0.1, 0.15) is 37.1 Å². The first kappa shape index (κ1) is 29.8. The maximum absolute atomic E-state index is 16.2. The molecule has 0 radical (unpaired) electrons. The van der Waals surface area contributed by atoms with Crippen molar-refractivity contribution in [2.24, 2.45) is 5.92 Å². The molecule has 44 heavy (non-hydrogen) atoms. The minimum absolute atomic E-state index is 0.0134. The quantitative estimate of drug-likeness (QED) is 0.212. The highest BCUT2D eigenvalue weighted by Gasteiger charge is 2.59. The van der Waals surface area contributed by atoms with Crippen molar-refractivity contribution in [3.63, 3.8) is 0 Å². The molecule has 3 heterocycles. The lowest BCUT2D eigenvalue weighted by molar-refractivity contribution is -0.0274. The fraction of sp³-hybridized carbons (Fsp3) is 0.345. The lowest BCUT2D eigenvalue weighted by atomic mass is 9.45. The number of anilines is 2. The van der Waals surface area contributed by atoms with Crippen LogP contribution >= 0.6 is 34.5 Å². The Kier molecular flexibility index (Phi) is 7.40. The number of sulfonamides is 1. The maximum atomic E-state index is 16.2. The molecule has 1 aliphatic heterocycles. The van der Waals surface area contributed by atoms with Crippen LogP contribution in [0.5, 0.6) is 0 Å². The third-order valence-corrected chi connectivity index (χ3v) is 13.9. The highest BCUT2D eigenvalue weighted by atomic mass is 35.5. The number of thiazole rings is 1. The predicted octanol–water partition coefficient (Wildman–Crippen LogP) is 6.55. The zero-order valence-corrected chi connectivity index (χ0v) is 27.0. The summed E-state index contributed by atoms with van der Waals surface area (Å²) in [6, 6.07) is 10.4. The Labute approximate surface area is 268 Å². The molecule has 4 aliphatic rings. The number of nitrogens with zero attached hydrogens (tertiary/aromatic N) is 3. The van der Waals surface area contributed by atoms with E-state index in [1.807, 2.05) is 0 Å². The van der Waals surface area contributed by atoms with Gasteiger partial charge in [-0.1, -0.05) is 35.3 Å². The summed E-state index contributed by atoms with van der Waals surface area (Å²) in [6.45, 7) is 0. The number of nitrogens with one attached hydrogen (secondary N) is 2. The molecular formula is C29H26Cl2FN5O4S3. The molecule has 3 saturated carbocycles. The predicted molar refractivity (Wildman–Crippen MR) is 170 cm³/mol. The van der Waals surface area contributed by atoms with E-state index < -0.39 is 25.7 Å². The number of rotatable bonds is 8. The number of hydrogen-bond donors (Lipinski definition) is 2. The summed E-state index contributed by atoms with van der Waals surface area (Å²) < 4.78 is 68.7. The van der Waals surface area contributed by atoms with Crippen LogP contribution < -0.4 is 10.0 Å². The average Bonchev–Trinajstić information content (AvgIpc) is 3.34. The summed E-state index contributed by atoms with van der Waals surface area (Å²) in [5, 5.41) is 3.98. The Morgan fingerprint density at radius 1 is 0.977 bits per heavy atom. The van der Waals surface area contributed by atoms with Crippen molar-refractivity contribution >= 4 is 66.0 Å². The molecule has 0 unspecified atom stereocenters. The zero-order valence-electron chi connectivity index (χ0n) is 23.1. The van der Waals surface area contributed by atoms with Crippen LogP contribution in [0.2, 0.25) is 10.0 Å². The van der Waals surface area contributed by atoms with Gasteiger partial charge in [-0.05, 0) is 68.4 Å². The molecule has 15 heteroatoms. The van der Waals surface area contributed by atoms with Gasteiger partial charge in [-0.2, -0.15) is 0 Å². The zero-order chi connectivity index (χ0) is 30.9. The lowest BCUT2D eigenvalue weighted by Crippen LogP contribution is -2.55. The third-order valence-electron chi connectivity index (χ3n) is 8.58. The van der Waals surface area contributed by atoms with Gasteiger partial charge in [-0.3, -0.25) is 4.72 Å². The van der Waals surface area contributed by atoms with Gasteiger partial charge in [0.1, 0.15) is 19.7 Å². The molecule has 0 spiro atoms. The second kappa shape index (κ2) is 10.9. The molecule has 230 valence electrons. The minimum Gasteiger partial charge on any atom is -0.351 e. The monoisotopic (exact) mass is 693 g/mol. The summed E-state index contributed by atoms with van der Waals surface area (Å²) in [4.78, 5) is 14.3. The van der Waals surface area contributed by atoms with Crippen LogP contribution in [0, 0.1) is 11.7 Å². The van der Waals surface area contributed by atoms with Crippen LogP contribution in [-0.2, 0) is 25.3 Å². The summed E-state index contributed by atoms with van der Waals surface area (Å²) in [7, 11) is -7.35. The number of hydrogen-bond acceptors (Lipinski definition) is 9. The third kappa shape index (κ3) is 5.36. The van der Waals surface area contributed by atoms with Gasteiger partial charge in [0.25, 0.3) is 10.0 Å². The lowest BCUT2D eigenvalue weighted by Gasteiger charge is -2.60. The summed E-state index contributed by atoms with van der Waals surface area (Å²) in [5.41, 5.74) is 0.717. The van der Waals surface area contributed by atoms with Gasteiger partial charge in [0.15, 0.2) is 5.82 Å². The van der Waals surface area contributed by atoms with E-state index in [2.05, 4.69) is 15.0 Å². The van der Waals surface area contributed by atoms with Gasteiger partial charge in [0.2, 0.25) is 5.95 Å². The summed E-state index contributed by atoms with van der Waals surface area (Å²) in [6.07, 6.45) is 5.65. The number of halogens is 3. The van der Waals surface area contributed by atoms with Gasteiger partial charge >= 0.3 is 0 Å². The Balaban J connectivity index is 1.25. The Bertz CT molecular complexity index is 1970. The van der Waals surface area contributed by atoms with E-state index >= 15 is 4.39 Å². The largest absolute Gasteiger partial charge is 0.351 e. The Hall–Kier alpha value is -2.84. The number of benzene rings is 2. The molecule has 2 aromatic heterocycles. The summed E-state index contributed by atoms with van der Waals surface area (Å²) >= 11 is 13.7. The van der Waals surface area contributed by atoms with Gasteiger partial charge in [0, 0.05) is 23.2 Å². The standard InChI is InChI=1S/C29H26Cl2FN5O4S3/c30-19-4-2-5-20(31)26(19)44(40,41)37-21-6-1-3-18(23(21)32)24-25(42-27(36-24)29-13-16(14-29)15-29)22-7-10-33-28(35-22)34-17-8-11-43(38,39)12-9-17/h1-7,10,16-17,37H,8-9,11-15H2,(H,33,34,35). The van der Waals surface area contributed by atoms with Crippen LogP contribution in [0.3, 0.4) is 0 Å². The normalized spacial score (nSPS) is 22.6. The molecule has 2 aromatic carbocycles. The smallest absolute Gasteiger partial charge is 0.264 e. The van der Waals surface area contributed by atoms with Crippen molar-refractivity contribution in [3.05, 3.63) is 69.5 Å². The van der Waals surface area contributed by atoms with Crippen molar-refractivity contribution < 1.29 is 21.2 Å². The van der Waals surface area contributed by atoms with E-state index in [4.69, 9.17) is 33.2 Å². The van der Waals surface area contributed by atoms with E-state index in [9.17, 15) is 16.8 Å². The molecule has 0 amide bonds. The van der Waals surface area contributed by atoms with Crippen molar-refractivity contribution in [1.29, 1.82) is 0 Å². The van der Waals surface area contributed by atoms with Crippen LogP contribution in [-0.4, -0.2) is 49.3 Å². The van der Waals surface area contributed by atoms with Gasteiger partial charge in [-0.15, -0.1) is 11.3 Å². The van der Waals surface area contributed by atoms with Crippen molar-refractivity contribution in [3.8, 4) is 21.8 Å². The fourth-order valence-electron chi connectivity index (χ4n) is 6.14. The first-order valence-corrected chi connectivity index (χ1v) is 18.9. The van der Waals surface area contributed by atoms with Gasteiger partial charge in [0.05, 0.1) is 43.5 Å². The molecule has 8 rings (SSSR count). The molecular weight excluding hydrogens is 668 g/mol. The van der Waals surface area contributed by atoms with Crippen molar-refractivity contribution in [2.45, 2.75) is 48.5 Å². The van der Waals surface area contributed by atoms with Gasteiger partial charge < -0.3 is 5.32 Å². The molecule has 9 nitrogen and oxygen atoms in total. The van der Waals surface area contributed by atoms with Crippen LogP contribution in [0.15, 0.2) is 53.6 Å². The van der Waals surface area contributed by atoms with E-state index in [-0.39, 0.29) is 49.2 Å². The topological polar surface area (TPSA) is 131 Å². The molecule has 2 bridgehead atoms. The molecule has 2 N–H and O–H groups in total. The molecule has 3 aliphatic carbocycles. The SMILES string of the molecule is O=S1(=O)CCC(Nc2nccc(-c3sc(C45CC(C4)C5)nc3-c3cccc(NS(=O)(=O)c4c(Cl)cccc4Cl)c3F)n2)CC1. The second-order valence-corrected chi connectivity index (χ2v) is 17.4. The first-order chi connectivity index (χ1) is 20.9. The minimum atomic E-state index is -4.33. The maximum Gasteiger partial charge on any atom is 0.264 e. The molecule has 4 fully saturated rings. The highest BCUT2D eigenvalue weighted by Crippen LogP contribution is 2.66. The average molecular weight is 695 g/mol. The van der Waals surface area contributed by atoms with Crippen molar-refractivity contribution in [2.75, 3.05) is 21.5 Å². The van der Waals surface area contributed by atoms with E-state index in [0.29, 0.717) is 41.0 Å². The van der Waals surface area contributed by atoms with Crippen LogP contribution in [0.25, 0.3) is 21.8 Å². The fourth-order valence-corrected chi connectivity index (χ4v) is 11.1.